The smallest absolute Gasteiger partial charge is 0.351 e. The molecule has 250 valence electrons. The van der Waals surface area contributed by atoms with Gasteiger partial charge in [0.2, 0.25) is 5.91 Å². The zero-order chi connectivity index (χ0) is 32.1. The maximum absolute atomic E-state index is 12.3. The molecule has 43 heavy (non-hydrogen) atoms. The first-order chi connectivity index (χ1) is 20.5. The number of nitrogens with zero attached hydrogens (tertiary/aromatic N) is 3. The Morgan fingerprint density at radius 2 is 1.40 bits per heavy atom. The summed E-state index contributed by atoms with van der Waals surface area (Å²) in [6.07, 6.45) is 15.9. The largest absolute Gasteiger partial charge is 0.394 e. The van der Waals surface area contributed by atoms with Crippen LogP contribution >= 0.6 is 0 Å². The molecule has 0 saturated carbocycles. The van der Waals surface area contributed by atoms with Crippen LogP contribution < -0.4 is 11.0 Å². The van der Waals surface area contributed by atoms with Gasteiger partial charge in [0.05, 0.1) is 34.4 Å². The van der Waals surface area contributed by atoms with Gasteiger partial charge in [-0.05, 0) is 12.5 Å². The van der Waals surface area contributed by atoms with Crippen molar-refractivity contribution in [1.29, 1.82) is 0 Å². The lowest BCUT2D eigenvalue weighted by Gasteiger charge is -2.21. The van der Waals surface area contributed by atoms with Crippen molar-refractivity contribution in [2.45, 2.75) is 134 Å². The summed E-state index contributed by atoms with van der Waals surface area (Å²) >= 11 is 0. The number of anilines is 1. The van der Waals surface area contributed by atoms with E-state index in [1.54, 1.807) is 0 Å². The molecule has 11 nitrogen and oxygen atoms in total. The molecule has 0 radical (unpaired) electrons. The van der Waals surface area contributed by atoms with E-state index in [-0.39, 0.29) is 18.3 Å². The number of hydrogen-bond donors (Lipinski definition) is 5. The number of carbonyl (C=O) groups excluding carboxylic acids is 1. The van der Waals surface area contributed by atoms with Crippen molar-refractivity contribution in [2.24, 2.45) is 0 Å². The van der Waals surface area contributed by atoms with Crippen LogP contribution in [0.25, 0.3) is 0 Å². The maximum Gasteiger partial charge on any atom is 0.351 e. The van der Waals surface area contributed by atoms with Crippen LogP contribution in [0.4, 0.5) is 5.82 Å². The average molecular weight is 614 g/mol. The molecule has 0 unspecified atom stereocenters. The van der Waals surface area contributed by atoms with Crippen LogP contribution in [0.15, 0.2) is 17.1 Å². The van der Waals surface area contributed by atoms with Crippen molar-refractivity contribution in [2.75, 3.05) is 46.2 Å². The summed E-state index contributed by atoms with van der Waals surface area (Å²) < 4.78 is 7.23. The molecule has 1 aliphatic rings. The van der Waals surface area contributed by atoms with E-state index < -0.39 is 36.8 Å². The number of quaternary nitrogens is 1. The van der Waals surface area contributed by atoms with E-state index >= 15 is 0 Å². The Bertz CT molecular complexity index is 922. The summed E-state index contributed by atoms with van der Waals surface area (Å²) in [6.45, 7) is 2.89. The van der Waals surface area contributed by atoms with Crippen LogP contribution in [0.1, 0.15) is 116 Å². The zero-order valence-electron chi connectivity index (χ0n) is 27.3. The van der Waals surface area contributed by atoms with Gasteiger partial charge in [-0.25, -0.2) is 4.79 Å². The van der Waals surface area contributed by atoms with Gasteiger partial charge < -0.3 is 35.0 Å². The van der Waals surface area contributed by atoms with Crippen LogP contribution in [-0.2, 0) is 9.53 Å². The topological polar surface area (TPSA) is 154 Å². The summed E-state index contributed by atoms with van der Waals surface area (Å²) in [7, 11) is 6.16. The number of carbonyl (C=O) groups is 1. The monoisotopic (exact) mass is 613 g/mol. The second-order valence-electron chi connectivity index (χ2n) is 12.7. The number of unbranched alkanes of at least 4 members (excludes halogenated alkanes) is 14. The lowest BCUT2D eigenvalue weighted by Crippen LogP contribution is -2.36. The number of nitrogens with one attached hydrogen (secondary N) is 1. The van der Waals surface area contributed by atoms with E-state index in [9.17, 15) is 24.9 Å². The summed E-state index contributed by atoms with van der Waals surface area (Å²) in [4.78, 5) is 28.3. The van der Waals surface area contributed by atoms with Gasteiger partial charge in [0, 0.05) is 12.6 Å². The van der Waals surface area contributed by atoms with E-state index in [0.29, 0.717) is 6.42 Å². The molecule has 0 spiro atoms. The van der Waals surface area contributed by atoms with Crippen molar-refractivity contribution >= 4 is 11.7 Å². The summed E-state index contributed by atoms with van der Waals surface area (Å²) in [5, 5.41) is 40.1. The second kappa shape index (κ2) is 22.6. The molecule has 1 aromatic heterocycles. The molecule has 11 heteroatoms. The Kier molecular flexibility index (Phi) is 20.6. The maximum atomic E-state index is 12.3. The van der Waals surface area contributed by atoms with E-state index in [4.69, 9.17) is 9.84 Å². The predicted octanol–water partition coefficient (Wildman–Crippen LogP) is 3.74. The summed E-state index contributed by atoms with van der Waals surface area (Å²) in [5.41, 5.74) is -0.727. The van der Waals surface area contributed by atoms with Crippen molar-refractivity contribution in [3.8, 4) is 0 Å². The Morgan fingerprint density at radius 1 is 0.884 bits per heavy atom. The highest BCUT2D eigenvalue weighted by Gasteiger charge is 2.43. The Labute approximate surface area is 258 Å². The SMILES string of the molecule is CCCCCCCCCCCCCCCCCC(=O)Nc1ccn([C@@H]2O[C@H](CO)[C@@H](O)[C@@H]2O)c(=O)n1.C[N+](C)(C)CCO. The number of rotatable bonds is 21. The zero-order valence-corrected chi connectivity index (χ0v) is 27.3. The fraction of sp³-hybridized carbons (Fsp3) is 0.844. The minimum Gasteiger partial charge on any atom is -0.394 e. The normalized spacial score (nSPS) is 20.1. The molecule has 1 saturated heterocycles. The molecule has 1 fully saturated rings. The summed E-state index contributed by atoms with van der Waals surface area (Å²) in [5.74, 6) is -0.0591. The van der Waals surface area contributed by atoms with Crippen molar-refractivity contribution in [3.05, 3.63) is 22.7 Å². The fourth-order valence-corrected chi connectivity index (χ4v) is 4.95. The number of ether oxygens (including phenoxy) is 1. The average Bonchev–Trinajstić information content (AvgIpc) is 3.23. The molecule has 0 aliphatic carbocycles. The van der Waals surface area contributed by atoms with Crippen molar-refractivity contribution < 1.29 is 34.4 Å². The first-order valence-corrected chi connectivity index (χ1v) is 16.5. The Balaban J connectivity index is 0.00000117. The van der Waals surface area contributed by atoms with Crippen LogP contribution in [-0.4, -0.2) is 99.6 Å². The minimum atomic E-state index is -1.37. The highest BCUT2D eigenvalue weighted by atomic mass is 16.6. The van der Waals surface area contributed by atoms with Gasteiger partial charge in [-0.15, -0.1) is 0 Å². The van der Waals surface area contributed by atoms with Gasteiger partial charge in [0.1, 0.15) is 30.7 Å². The third-order valence-corrected chi connectivity index (χ3v) is 7.67. The highest BCUT2D eigenvalue weighted by molar-refractivity contribution is 5.89. The van der Waals surface area contributed by atoms with Crippen molar-refractivity contribution in [3.63, 3.8) is 0 Å². The first-order valence-electron chi connectivity index (χ1n) is 16.5. The van der Waals surface area contributed by atoms with E-state index in [1.165, 1.54) is 89.3 Å². The molecule has 5 N–H and O–H groups in total. The standard InChI is InChI=1S/C27H47N3O6.C5H14NO/c1-2-3-4-5-6-7-8-9-10-11-12-13-14-15-16-17-23(32)28-22-18-19-30(27(35)29-22)26-25(34)24(33)21(20-31)36-26;1-6(2,3)4-5-7/h18-19,21,24-26,31,33-34H,2-17,20H2,1H3,(H,28,29,32,35);7H,4-5H2,1-3H3/q;+1/t21-,24-,25+,26-;/m1./s1. The Morgan fingerprint density at radius 3 is 1.79 bits per heavy atom. The predicted molar refractivity (Wildman–Crippen MR) is 170 cm³/mol. The number of likely N-dealkylation sites (N-methyl/N-ethyl adjacent to an activating group) is 1. The fourth-order valence-electron chi connectivity index (χ4n) is 4.95. The molecule has 1 aliphatic heterocycles. The molecule has 2 heterocycles. The van der Waals surface area contributed by atoms with Gasteiger partial charge in [0.25, 0.3) is 0 Å². The van der Waals surface area contributed by atoms with Gasteiger partial charge in [-0.1, -0.05) is 96.8 Å². The van der Waals surface area contributed by atoms with E-state index in [2.05, 4.69) is 38.4 Å². The molecule has 1 amide bonds. The molecule has 2 rings (SSSR count). The first kappa shape index (κ1) is 39.1. The van der Waals surface area contributed by atoms with E-state index in [0.717, 1.165) is 34.9 Å². The molecule has 4 atom stereocenters. The van der Waals surface area contributed by atoms with Gasteiger partial charge in [-0.2, -0.15) is 4.98 Å². The third kappa shape index (κ3) is 17.3. The lowest BCUT2D eigenvalue weighted by atomic mass is 10.0. The lowest BCUT2D eigenvalue weighted by molar-refractivity contribution is -0.870. The highest BCUT2D eigenvalue weighted by Crippen LogP contribution is 2.28. The van der Waals surface area contributed by atoms with Crippen LogP contribution in [0, 0.1) is 0 Å². The van der Waals surface area contributed by atoms with Crippen LogP contribution in [0.2, 0.25) is 0 Å². The molecular formula is C32H61N4O7+. The number of hydrogen-bond acceptors (Lipinski definition) is 8. The third-order valence-electron chi connectivity index (χ3n) is 7.67. The summed E-state index contributed by atoms with van der Waals surface area (Å²) in [6, 6.07) is 1.44. The Hall–Kier alpha value is -1.89. The van der Waals surface area contributed by atoms with Gasteiger partial charge in [-0.3, -0.25) is 9.36 Å². The molecule has 0 bridgehead atoms. The second-order valence-corrected chi connectivity index (χ2v) is 12.7. The molecular weight excluding hydrogens is 552 g/mol. The minimum absolute atomic E-state index is 0.133. The number of aliphatic hydroxyl groups is 4. The van der Waals surface area contributed by atoms with Crippen LogP contribution in [0.5, 0.6) is 0 Å². The van der Waals surface area contributed by atoms with Gasteiger partial charge >= 0.3 is 5.69 Å². The number of aliphatic hydroxyl groups excluding tert-OH is 4. The number of amides is 1. The quantitative estimate of drug-likeness (QED) is 0.104. The van der Waals surface area contributed by atoms with Crippen molar-refractivity contribution in [1.82, 2.24) is 9.55 Å². The molecule has 0 aromatic carbocycles. The number of aromatic nitrogens is 2. The van der Waals surface area contributed by atoms with Crippen LogP contribution in [0.3, 0.4) is 0 Å². The van der Waals surface area contributed by atoms with Gasteiger partial charge in [0.15, 0.2) is 6.23 Å². The van der Waals surface area contributed by atoms with E-state index in [1.807, 2.05) is 0 Å². The molecule has 1 aromatic rings.